The van der Waals surface area contributed by atoms with Crippen molar-refractivity contribution < 1.29 is 19.5 Å². The molecule has 2 bridgehead atoms. The van der Waals surface area contributed by atoms with Gasteiger partial charge in [-0.3, -0.25) is 14.4 Å². The van der Waals surface area contributed by atoms with Gasteiger partial charge in [-0.15, -0.1) is 24.9 Å². The minimum absolute atomic E-state index is 0.00797. The Morgan fingerprint density at radius 3 is 2.41 bits per heavy atom. The van der Waals surface area contributed by atoms with E-state index in [1.54, 1.807) is 45.7 Å². The molecule has 3 aliphatic rings. The van der Waals surface area contributed by atoms with Crippen LogP contribution in [0.15, 0.2) is 43.5 Å². The smallest absolute Gasteiger partial charge is 0.251 e. The average Bonchev–Trinajstić information content (AvgIpc) is 3.49. The predicted octanol–water partition coefficient (Wildman–Crippen LogP) is 3.97. The molecule has 3 unspecified atom stereocenters. The van der Waals surface area contributed by atoms with Crippen LogP contribution in [-0.4, -0.2) is 82.0 Å². The van der Waals surface area contributed by atoms with Gasteiger partial charge in [-0.1, -0.05) is 37.3 Å². The number of likely N-dealkylation sites (tertiary alicyclic amines) is 1. The van der Waals surface area contributed by atoms with E-state index in [-0.39, 0.29) is 35.5 Å². The third kappa shape index (κ3) is 4.84. The summed E-state index contributed by atoms with van der Waals surface area (Å²) >= 11 is 1.71. The minimum atomic E-state index is -0.671. The zero-order valence-corrected chi connectivity index (χ0v) is 24.6. The molecule has 3 aliphatic heterocycles. The molecule has 212 valence electrons. The molecule has 3 saturated heterocycles. The number of carbonyl (C=O) groups excluding carboxylic acids is 3. The molecule has 0 aliphatic carbocycles. The average molecular weight is 554 g/mol. The second kappa shape index (κ2) is 11.9. The summed E-state index contributed by atoms with van der Waals surface area (Å²) in [5, 5.41) is 9.31. The van der Waals surface area contributed by atoms with Gasteiger partial charge in [0.1, 0.15) is 6.04 Å². The summed E-state index contributed by atoms with van der Waals surface area (Å²) in [6, 6.07) is 5.32. The molecular weight excluding hydrogens is 510 g/mol. The Kier molecular flexibility index (Phi) is 8.96. The normalized spacial score (nSPS) is 28.9. The van der Waals surface area contributed by atoms with E-state index in [0.717, 1.165) is 29.7 Å². The Morgan fingerprint density at radius 1 is 1.13 bits per heavy atom. The first-order valence-electron chi connectivity index (χ1n) is 14.1. The third-order valence-corrected chi connectivity index (χ3v) is 11.0. The van der Waals surface area contributed by atoms with Crippen LogP contribution in [0.1, 0.15) is 43.7 Å². The van der Waals surface area contributed by atoms with Crippen LogP contribution in [-0.2, 0) is 14.4 Å². The van der Waals surface area contributed by atoms with Crippen LogP contribution in [0.2, 0.25) is 0 Å². The number of unbranched alkanes of at least 4 members (excludes halogenated alkanes) is 2. The van der Waals surface area contributed by atoms with Crippen molar-refractivity contribution >= 4 is 35.2 Å². The van der Waals surface area contributed by atoms with Crippen molar-refractivity contribution in [3.8, 4) is 0 Å². The van der Waals surface area contributed by atoms with Crippen LogP contribution in [0.25, 0.3) is 0 Å². The molecule has 8 heteroatoms. The van der Waals surface area contributed by atoms with Crippen molar-refractivity contribution in [3.05, 3.63) is 54.6 Å². The molecule has 6 atom stereocenters. The van der Waals surface area contributed by atoms with E-state index in [4.69, 9.17) is 0 Å². The molecule has 1 N–H and O–H groups in total. The molecule has 1 spiro atoms. The summed E-state index contributed by atoms with van der Waals surface area (Å²) < 4.78 is -0.666. The number of fused-ring (bicyclic) bond motifs is 1. The molecule has 4 rings (SSSR count). The number of amides is 3. The number of benzene rings is 1. The second-order valence-electron chi connectivity index (χ2n) is 11.4. The second-order valence-corrected chi connectivity index (χ2v) is 12.9. The lowest BCUT2D eigenvalue weighted by atomic mass is 9.65. The fraction of sp³-hybridized carbons (Fsp3) is 0.581. The summed E-state index contributed by atoms with van der Waals surface area (Å²) in [5.74, 6) is -1.09. The van der Waals surface area contributed by atoms with Gasteiger partial charge in [-0.2, -0.15) is 0 Å². The van der Waals surface area contributed by atoms with Gasteiger partial charge in [0.05, 0.1) is 16.6 Å². The van der Waals surface area contributed by atoms with Crippen molar-refractivity contribution in [3.63, 3.8) is 0 Å². The summed E-state index contributed by atoms with van der Waals surface area (Å²) in [5.41, 5.74) is 2.85. The van der Waals surface area contributed by atoms with Crippen LogP contribution in [0.4, 0.5) is 5.69 Å². The zero-order chi connectivity index (χ0) is 28.5. The van der Waals surface area contributed by atoms with Gasteiger partial charge >= 0.3 is 0 Å². The van der Waals surface area contributed by atoms with E-state index in [0.29, 0.717) is 32.5 Å². The summed E-state index contributed by atoms with van der Waals surface area (Å²) in [6.45, 7) is 15.2. The van der Waals surface area contributed by atoms with E-state index >= 15 is 0 Å². The maximum Gasteiger partial charge on any atom is 0.251 e. The maximum atomic E-state index is 14.8. The van der Waals surface area contributed by atoms with Crippen LogP contribution < -0.4 is 4.90 Å². The first kappa shape index (κ1) is 29.4. The fourth-order valence-corrected chi connectivity index (χ4v) is 9.64. The molecule has 1 aromatic rings. The number of para-hydroxylation sites is 1. The van der Waals surface area contributed by atoms with Crippen molar-refractivity contribution in [2.45, 2.75) is 62.5 Å². The molecule has 0 radical (unpaired) electrons. The number of likely N-dealkylation sites (N-methyl/N-ethyl adjacent to an activating group) is 1. The SMILES string of the molecule is C=CCN(C)C(=O)[C@@H]1[C@@H]2CC(C)C3(S2)C(C(=O)N(CC=C)c2c(C)cccc2C)N(CCCCCO)C(=O)[C@H]13. The van der Waals surface area contributed by atoms with Crippen molar-refractivity contribution in [2.75, 3.05) is 38.2 Å². The van der Waals surface area contributed by atoms with Crippen LogP contribution in [0, 0.1) is 31.6 Å². The fourth-order valence-electron chi connectivity index (χ4n) is 7.23. The number of rotatable bonds is 12. The molecule has 7 nitrogen and oxygen atoms in total. The summed E-state index contributed by atoms with van der Waals surface area (Å²) in [7, 11) is 1.76. The molecular formula is C31H43N3O4S. The number of nitrogens with zero attached hydrogens (tertiary/aromatic N) is 3. The van der Waals surface area contributed by atoms with Gasteiger partial charge in [-0.25, -0.2) is 0 Å². The van der Waals surface area contributed by atoms with E-state index in [9.17, 15) is 19.5 Å². The molecule has 1 aromatic carbocycles. The van der Waals surface area contributed by atoms with Crippen molar-refractivity contribution in [1.82, 2.24) is 9.80 Å². The number of aliphatic hydroxyl groups excluding tert-OH is 1. The highest BCUT2D eigenvalue weighted by Crippen LogP contribution is 2.69. The molecule has 3 fully saturated rings. The number of hydrogen-bond donors (Lipinski definition) is 1. The molecule has 3 amide bonds. The highest BCUT2D eigenvalue weighted by Gasteiger charge is 2.76. The van der Waals surface area contributed by atoms with Gasteiger partial charge in [-0.05, 0) is 56.6 Å². The Morgan fingerprint density at radius 2 is 1.79 bits per heavy atom. The number of carbonyl (C=O) groups is 3. The van der Waals surface area contributed by atoms with Gasteiger partial charge in [0, 0.05) is 44.2 Å². The van der Waals surface area contributed by atoms with E-state index < -0.39 is 22.6 Å². The Balaban J connectivity index is 1.80. The molecule has 0 aromatic heterocycles. The van der Waals surface area contributed by atoms with Crippen LogP contribution in [0.3, 0.4) is 0 Å². The zero-order valence-electron chi connectivity index (χ0n) is 23.8. The van der Waals surface area contributed by atoms with Crippen LogP contribution in [0.5, 0.6) is 0 Å². The molecule has 39 heavy (non-hydrogen) atoms. The molecule has 0 saturated carbocycles. The van der Waals surface area contributed by atoms with Gasteiger partial charge < -0.3 is 19.8 Å². The van der Waals surface area contributed by atoms with E-state index in [2.05, 4.69) is 20.1 Å². The topological polar surface area (TPSA) is 81.2 Å². The highest BCUT2D eigenvalue weighted by molar-refractivity contribution is 8.02. The van der Waals surface area contributed by atoms with Gasteiger partial charge in [0.25, 0.3) is 5.91 Å². The Hall–Kier alpha value is -2.58. The third-order valence-electron chi connectivity index (χ3n) is 8.89. The minimum Gasteiger partial charge on any atom is -0.396 e. The molecule has 3 heterocycles. The van der Waals surface area contributed by atoms with E-state index in [1.165, 1.54) is 0 Å². The Bertz CT molecular complexity index is 1120. The lowest BCUT2D eigenvalue weighted by Crippen LogP contribution is -2.57. The number of aryl methyl sites for hydroxylation is 2. The number of thioether (sulfide) groups is 1. The van der Waals surface area contributed by atoms with Gasteiger partial charge in [0.2, 0.25) is 11.8 Å². The predicted molar refractivity (Wildman–Crippen MR) is 158 cm³/mol. The van der Waals surface area contributed by atoms with Gasteiger partial charge in [0.15, 0.2) is 0 Å². The Labute approximate surface area is 237 Å². The quantitative estimate of drug-likeness (QED) is 0.313. The van der Waals surface area contributed by atoms with Crippen LogP contribution >= 0.6 is 11.8 Å². The first-order chi connectivity index (χ1) is 18.6. The lowest BCUT2D eigenvalue weighted by Gasteiger charge is -2.41. The first-order valence-corrected chi connectivity index (χ1v) is 15.0. The summed E-state index contributed by atoms with van der Waals surface area (Å²) in [4.78, 5) is 48.1. The monoisotopic (exact) mass is 553 g/mol. The standard InChI is InChI=1S/C31H43N3O4S/c1-7-15-32(6)28(36)24-23-19-22(5)31(39-23)25(24)29(37)34(17-10-9-11-18-35)27(31)30(38)33(16-8-2)26-20(3)13-12-14-21(26)4/h7-8,12-14,22-25,27,35H,1-2,9-11,15-19H2,3-6H3/t22?,23-,24+,25-,27?,31?/m0/s1. The number of anilines is 1. The van der Waals surface area contributed by atoms with Crippen molar-refractivity contribution in [2.24, 2.45) is 17.8 Å². The van der Waals surface area contributed by atoms with Crippen molar-refractivity contribution in [1.29, 1.82) is 0 Å². The number of aliphatic hydroxyl groups is 1. The van der Waals surface area contributed by atoms with E-state index in [1.807, 2.05) is 32.0 Å². The maximum absolute atomic E-state index is 14.8. The largest absolute Gasteiger partial charge is 0.396 e. The number of hydrogen-bond acceptors (Lipinski definition) is 5. The summed E-state index contributed by atoms with van der Waals surface area (Å²) in [6.07, 6.45) is 6.36. The highest BCUT2D eigenvalue weighted by atomic mass is 32.2. The lowest BCUT2D eigenvalue weighted by molar-refractivity contribution is -0.143.